The highest BCUT2D eigenvalue weighted by molar-refractivity contribution is 7.80. The zero-order valence-corrected chi connectivity index (χ0v) is 18.1. The first kappa shape index (κ1) is 20.6. The number of hydrogen-bond acceptors (Lipinski definition) is 3. The van der Waals surface area contributed by atoms with Gasteiger partial charge in [-0.1, -0.05) is 32.4 Å². The number of fused-ring (bicyclic) bond motifs is 1. The van der Waals surface area contributed by atoms with Crippen molar-refractivity contribution in [2.45, 2.75) is 46.2 Å². The molecule has 2 aromatic heterocycles. The Morgan fingerprint density at radius 3 is 2.79 bits per heavy atom. The average molecular weight is 414 g/mol. The number of unbranched alkanes of at least 4 members (excludes halogenated alkanes) is 1. The van der Waals surface area contributed by atoms with E-state index in [9.17, 15) is 4.79 Å². The van der Waals surface area contributed by atoms with Crippen LogP contribution in [0.3, 0.4) is 0 Å². The maximum atomic E-state index is 12.7. The first-order valence-corrected chi connectivity index (χ1v) is 11.1. The summed E-state index contributed by atoms with van der Waals surface area (Å²) < 4.78 is 0. The van der Waals surface area contributed by atoms with Crippen molar-refractivity contribution in [3.8, 4) is 0 Å². The molecule has 3 rings (SSSR count). The summed E-state index contributed by atoms with van der Waals surface area (Å²) in [7, 11) is 0. The summed E-state index contributed by atoms with van der Waals surface area (Å²) in [5.41, 5.74) is 2.82. The van der Waals surface area contributed by atoms with Crippen LogP contribution in [0.25, 0.3) is 10.9 Å². The van der Waals surface area contributed by atoms with Crippen molar-refractivity contribution in [3.63, 3.8) is 0 Å². The van der Waals surface area contributed by atoms with E-state index in [0.29, 0.717) is 18.2 Å². The summed E-state index contributed by atoms with van der Waals surface area (Å²) in [5, 5.41) is 7.17. The summed E-state index contributed by atoms with van der Waals surface area (Å²) in [6.45, 7) is 6.33. The van der Waals surface area contributed by atoms with E-state index in [1.54, 1.807) is 11.3 Å². The van der Waals surface area contributed by atoms with E-state index < -0.39 is 0 Å². The lowest BCUT2D eigenvalue weighted by Gasteiger charge is -2.25. The van der Waals surface area contributed by atoms with Crippen molar-refractivity contribution >= 4 is 39.6 Å². The fourth-order valence-corrected chi connectivity index (χ4v) is 4.07. The lowest BCUT2D eigenvalue weighted by atomic mass is 10.1. The summed E-state index contributed by atoms with van der Waals surface area (Å²) >= 11 is 7.35. The van der Waals surface area contributed by atoms with Crippen molar-refractivity contribution in [3.05, 3.63) is 68.1 Å². The predicted octanol–water partition coefficient (Wildman–Crippen LogP) is 4.83. The molecule has 6 heteroatoms. The first-order chi connectivity index (χ1) is 13.6. The molecule has 0 saturated heterocycles. The van der Waals surface area contributed by atoms with Gasteiger partial charge in [0.05, 0.1) is 13.1 Å². The van der Waals surface area contributed by atoms with Crippen molar-refractivity contribution in [1.29, 1.82) is 0 Å². The Hall–Kier alpha value is -2.18. The van der Waals surface area contributed by atoms with Crippen LogP contribution in [0, 0.1) is 0 Å². The van der Waals surface area contributed by atoms with Gasteiger partial charge in [0.1, 0.15) is 0 Å². The number of thiocarbonyl (C=S) groups is 1. The van der Waals surface area contributed by atoms with E-state index in [1.807, 2.05) is 18.2 Å². The Kier molecular flexibility index (Phi) is 7.23. The lowest BCUT2D eigenvalue weighted by Crippen LogP contribution is -2.40. The van der Waals surface area contributed by atoms with Crippen LogP contribution in [0.15, 0.2) is 46.6 Å². The highest BCUT2D eigenvalue weighted by atomic mass is 32.1. The molecular weight excluding hydrogens is 386 g/mol. The molecule has 2 N–H and O–H groups in total. The largest absolute Gasteiger partial charge is 0.363 e. The second-order valence-corrected chi connectivity index (χ2v) is 8.34. The molecule has 0 bridgehead atoms. The topological polar surface area (TPSA) is 48.1 Å². The van der Waals surface area contributed by atoms with Gasteiger partial charge in [-0.3, -0.25) is 4.79 Å². The van der Waals surface area contributed by atoms with E-state index in [1.165, 1.54) is 10.4 Å². The third-order valence-corrected chi connectivity index (χ3v) is 6.04. The van der Waals surface area contributed by atoms with Crippen LogP contribution >= 0.6 is 23.6 Å². The van der Waals surface area contributed by atoms with Crippen LogP contribution < -0.4 is 10.9 Å². The summed E-state index contributed by atoms with van der Waals surface area (Å²) in [6, 6.07) is 12.3. The Labute approximate surface area is 175 Å². The highest BCUT2D eigenvalue weighted by Crippen LogP contribution is 2.17. The molecule has 0 aliphatic carbocycles. The number of nitrogens with zero attached hydrogens (tertiary/aromatic N) is 1. The van der Waals surface area contributed by atoms with Gasteiger partial charge in [-0.25, -0.2) is 0 Å². The molecule has 1 aromatic carbocycles. The smallest absolute Gasteiger partial charge is 0.253 e. The molecule has 0 saturated carbocycles. The Morgan fingerprint density at radius 2 is 2.07 bits per heavy atom. The van der Waals surface area contributed by atoms with Gasteiger partial charge in [0.2, 0.25) is 0 Å². The van der Waals surface area contributed by atoms with Gasteiger partial charge in [0.25, 0.3) is 5.56 Å². The minimum atomic E-state index is -0.0516. The van der Waals surface area contributed by atoms with E-state index in [0.717, 1.165) is 42.3 Å². The number of pyridine rings is 1. The number of aromatic nitrogens is 1. The third kappa shape index (κ3) is 5.20. The maximum absolute atomic E-state index is 12.7. The molecule has 28 heavy (non-hydrogen) atoms. The van der Waals surface area contributed by atoms with E-state index >= 15 is 0 Å². The van der Waals surface area contributed by atoms with Gasteiger partial charge >= 0.3 is 0 Å². The third-order valence-electron chi connectivity index (χ3n) is 4.78. The number of thiophene rings is 1. The number of hydrogen-bond donors (Lipinski definition) is 2. The van der Waals surface area contributed by atoms with Gasteiger partial charge in [0.15, 0.2) is 5.11 Å². The van der Waals surface area contributed by atoms with Crippen molar-refractivity contribution in [2.75, 3.05) is 6.54 Å². The highest BCUT2D eigenvalue weighted by Gasteiger charge is 2.14. The van der Waals surface area contributed by atoms with Crippen LogP contribution in [0.4, 0.5) is 0 Å². The first-order valence-electron chi connectivity index (χ1n) is 9.80. The number of aromatic amines is 1. The molecule has 0 fully saturated rings. The Balaban J connectivity index is 1.86. The van der Waals surface area contributed by atoms with Gasteiger partial charge in [-0.15, -0.1) is 11.3 Å². The fraction of sp³-hybridized carbons (Fsp3) is 0.364. The maximum Gasteiger partial charge on any atom is 0.253 e. The number of benzene rings is 1. The molecule has 0 aliphatic heterocycles. The average Bonchev–Trinajstić information content (AvgIpc) is 3.21. The second kappa shape index (κ2) is 9.85. The molecule has 0 atom stereocenters. The normalized spacial score (nSPS) is 10.9. The summed E-state index contributed by atoms with van der Waals surface area (Å²) in [5.74, 6) is 0. The van der Waals surface area contributed by atoms with Crippen LogP contribution in [0.2, 0.25) is 0 Å². The van der Waals surface area contributed by atoms with Gasteiger partial charge < -0.3 is 15.2 Å². The predicted molar refractivity (Wildman–Crippen MR) is 123 cm³/mol. The van der Waals surface area contributed by atoms with Gasteiger partial charge in [-0.2, -0.15) is 0 Å². The molecule has 148 valence electrons. The quantitative estimate of drug-likeness (QED) is 0.410. The molecule has 0 radical (unpaired) electrons. The molecule has 0 spiro atoms. The molecule has 0 aliphatic rings. The van der Waals surface area contributed by atoms with E-state index in [2.05, 4.69) is 52.6 Å². The summed E-state index contributed by atoms with van der Waals surface area (Å²) in [6.07, 6.45) is 3.16. The zero-order chi connectivity index (χ0) is 19.9. The second-order valence-electron chi connectivity index (χ2n) is 6.92. The van der Waals surface area contributed by atoms with Crippen molar-refractivity contribution < 1.29 is 0 Å². The minimum Gasteiger partial charge on any atom is -0.363 e. The Morgan fingerprint density at radius 1 is 1.21 bits per heavy atom. The lowest BCUT2D eigenvalue weighted by molar-refractivity contribution is 0.400. The molecule has 4 nitrogen and oxygen atoms in total. The number of nitrogens with one attached hydrogen (secondary N) is 2. The molecule has 0 amide bonds. The van der Waals surface area contributed by atoms with E-state index in [-0.39, 0.29) is 5.56 Å². The fourth-order valence-electron chi connectivity index (χ4n) is 3.12. The number of rotatable bonds is 8. The van der Waals surface area contributed by atoms with Crippen LogP contribution in [0.5, 0.6) is 0 Å². The molecular formula is C22H27N3OS2. The van der Waals surface area contributed by atoms with Crippen molar-refractivity contribution in [1.82, 2.24) is 15.2 Å². The Bertz CT molecular complexity index is 979. The zero-order valence-electron chi connectivity index (χ0n) is 16.5. The van der Waals surface area contributed by atoms with Crippen LogP contribution in [0.1, 0.15) is 42.7 Å². The number of aryl methyl sites for hydroxylation is 1. The number of H-pyrrole nitrogens is 1. The molecule has 0 unspecified atom stereocenters. The van der Waals surface area contributed by atoms with Gasteiger partial charge in [0, 0.05) is 22.5 Å². The van der Waals surface area contributed by atoms with Crippen molar-refractivity contribution in [2.24, 2.45) is 0 Å². The summed E-state index contributed by atoms with van der Waals surface area (Å²) in [4.78, 5) is 19.0. The molecule has 2 heterocycles. The van der Waals surface area contributed by atoms with Gasteiger partial charge in [-0.05, 0) is 65.7 Å². The van der Waals surface area contributed by atoms with Crippen LogP contribution in [-0.2, 0) is 19.5 Å². The SMILES string of the molecule is CCCCNC(=S)N(Cc1cccs1)Cc1cc2cc(CC)ccc2[nH]c1=O. The molecule has 3 aromatic rings. The minimum absolute atomic E-state index is 0.0516. The van der Waals surface area contributed by atoms with Crippen LogP contribution in [-0.4, -0.2) is 21.5 Å². The standard InChI is InChI=1S/C22H27N3OS2/c1-3-5-10-23-22(27)25(15-19-7-6-11-28-19)14-18-13-17-12-16(4-2)8-9-20(17)24-21(18)26/h6-9,11-13H,3-5,10,14-15H2,1-2H3,(H,23,27)(H,24,26). The van der Waals surface area contributed by atoms with E-state index in [4.69, 9.17) is 12.2 Å². The monoisotopic (exact) mass is 413 g/mol.